The minimum atomic E-state index is -0.0627. The first-order valence-electron chi connectivity index (χ1n) is 9.15. The fourth-order valence-electron chi connectivity index (χ4n) is 3.75. The van der Waals surface area contributed by atoms with E-state index in [1.54, 1.807) is 0 Å². The van der Waals surface area contributed by atoms with Crippen LogP contribution in [0.5, 0.6) is 0 Å². The Labute approximate surface area is 169 Å². The molecule has 0 aliphatic carbocycles. The minimum Gasteiger partial charge on any atom is -0.347 e. The van der Waals surface area contributed by atoms with Crippen LogP contribution in [0.25, 0.3) is 0 Å². The molecule has 2 aliphatic rings. The molecule has 1 aromatic carbocycles. The van der Waals surface area contributed by atoms with E-state index in [2.05, 4.69) is 10.6 Å². The van der Waals surface area contributed by atoms with E-state index in [1.165, 1.54) is 17.8 Å². The highest BCUT2D eigenvalue weighted by Crippen LogP contribution is 2.21. The second kappa shape index (κ2) is 8.87. The van der Waals surface area contributed by atoms with Crippen molar-refractivity contribution in [3.05, 3.63) is 57.8 Å². The first-order chi connectivity index (χ1) is 12.7. The molecule has 3 heterocycles. The Balaban J connectivity index is 0.00000210. The fourth-order valence-corrected chi connectivity index (χ4v) is 4.39. The van der Waals surface area contributed by atoms with Gasteiger partial charge in [0.25, 0.3) is 11.8 Å². The van der Waals surface area contributed by atoms with Crippen molar-refractivity contribution >= 4 is 35.6 Å². The van der Waals surface area contributed by atoms with Crippen LogP contribution in [0.2, 0.25) is 0 Å². The van der Waals surface area contributed by atoms with Crippen molar-refractivity contribution in [2.45, 2.75) is 37.9 Å². The smallest absolute Gasteiger partial charge is 0.261 e. The summed E-state index contributed by atoms with van der Waals surface area (Å²) < 4.78 is 0. The molecule has 2 aromatic rings. The van der Waals surface area contributed by atoms with Gasteiger partial charge in [0, 0.05) is 37.3 Å². The first-order valence-corrected chi connectivity index (χ1v) is 10.0. The van der Waals surface area contributed by atoms with Crippen molar-refractivity contribution in [2.75, 3.05) is 13.1 Å². The number of carbonyl (C=O) groups is 2. The molecule has 2 N–H and O–H groups in total. The van der Waals surface area contributed by atoms with Crippen LogP contribution in [0.4, 0.5) is 0 Å². The van der Waals surface area contributed by atoms with E-state index in [4.69, 9.17) is 0 Å². The maximum Gasteiger partial charge on any atom is 0.261 e. The number of nitrogens with one attached hydrogen (secondary N) is 2. The minimum absolute atomic E-state index is 0. The molecule has 4 rings (SSSR count). The molecule has 2 bridgehead atoms. The number of fused-ring (bicyclic) bond motifs is 2. The molecule has 2 aliphatic heterocycles. The molecule has 0 radical (unpaired) electrons. The third-order valence-electron chi connectivity index (χ3n) is 5.21. The van der Waals surface area contributed by atoms with Crippen molar-refractivity contribution in [2.24, 2.45) is 0 Å². The number of hydrogen-bond donors (Lipinski definition) is 2. The van der Waals surface area contributed by atoms with Crippen LogP contribution in [0.15, 0.2) is 41.8 Å². The van der Waals surface area contributed by atoms with Crippen molar-refractivity contribution in [1.82, 2.24) is 15.5 Å². The number of benzene rings is 1. The molecule has 2 amide bonds. The van der Waals surface area contributed by atoms with Gasteiger partial charge in [0.15, 0.2) is 0 Å². The molecule has 2 fully saturated rings. The summed E-state index contributed by atoms with van der Waals surface area (Å²) in [4.78, 5) is 27.5. The molecule has 27 heavy (non-hydrogen) atoms. The number of amides is 2. The average molecular weight is 406 g/mol. The molecule has 2 unspecified atom stereocenters. The van der Waals surface area contributed by atoms with Gasteiger partial charge in [-0.05, 0) is 48.4 Å². The zero-order chi connectivity index (χ0) is 17.9. The normalized spacial score (nSPS) is 21.3. The summed E-state index contributed by atoms with van der Waals surface area (Å²) in [7, 11) is 0. The molecule has 5 nitrogen and oxygen atoms in total. The van der Waals surface area contributed by atoms with Gasteiger partial charge in [-0.1, -0.05) is 18.2 Å². The lowest BCUT2D eigenvalue weighted by molar-refractivity contribution is 0.0748. The molecule has 0 spiro atoms. The largest absolute Gasteiger partial charge is 0.347 e. The Bertz CT molecular complexity index is 779. The molecular formula is C20H24ClN3O2S. The van der Waals surface area contributed by atoms with E-state index >= 15 is 0 Å². The summed E-state index contributed by atoms with van der Waals surface area (Å²) >= 11 is 1.43. The topological polar surface area (TPSA) is 61.4 Å². The maximum atomic E-state index is 12.8. The van der Waals surface area contributed by atoms with E-state index in [9.17, 15) is 9.59 Å². The number of carbonyl (C=O) groups excluding carboxylic acids is 2. The lowest BCUT2D eigenvalue weighted by Gasteiger charge is -2.24. The highest BCUT2D eigenvalue weighted by molar-refractivity contribution is 7.12. The Kier molecular flexibility index (Phi) is 6.52. The standard InChI is InChI=1S/C20H23N3O2S.ClH/c24-19(18-2-1-11-26-18)21-12-14-3-5-15(6-4-14)20(25)23-10-9-16-7-8-17(13-23)22-16;/h1-6,11,16-17,22H,7-10,12-13H2,(H,21,24);1H. The van der Waals surface area contributed by atoms with Crippen LogP contribution in [-0.2, 0) is 6.54 Å². The average Bonchev–Trinajstić information content (AvgIpc) is 3.29. The molecule has 1 aromatic heterocycles. The number of nitrogens with zero attached hydrogens (tertiary/aromatic N) is 1. The summed E-state index contributed by atoms with van der Waals surface area (Å²) in [6.07, 6.45) is 3.44. The van der Waals surface area contributed by atoms with Crippen LogP contribution in [-0.4, -0.2) is 41.9 Å². The number of rotatable bonds is 4. The SMILES string of the molecule is Cl.O=C(NCc1ccc(C(=O)N2CCC3CCC(C2)N3)cc1)c1cccs1. The van der Waals surface area contributed by atoms with Crippen LogP contribution in [0.3, 0.4) is 0 Å². The summed E-state index contributed by atoms with van der Waals surface area (Å²) in [5.74, 6) is 0.0424. The summed E-state index contributed by atoms with van der Waals surface area (Å²) in [5, 5.41) is 8.40. The van der Waals surface area contributed by atoms with Gasteiger partial charge in [0.2, 0.25) is 0 Å². The second-order valence-corrected chi connectivity index (χ2v) is 7.98. The first kappa shape index (κ1) is 19.9. The quantitative estimate of drug-likeness (QED) is 0.821. The third-order valence-corrected chi connectivity index (χ3v) is 6.08. The molecule has 2 atom stereocenters. The third kappa shape index (κ3) is 4.69. The molecule has 7 heteroatoms. The van der Waals surface area contributed by atoms with E-state index in [-0.39, 0.29) is 24.2 Å². The fraction of sp³-hybridized carbons (Fsp3) is 0.400. The summed E-state index contributed by atoms with van der Waals surface area (Å²) in [6, 6.07) is 12.3. The summed E-state index contributed by atoms with van der Waals surface area (Å²) in [6.45, 7) is 2.09. The van der Waals surface area contributed by atoms with E-state index in [0.717, 1.165) is 37.1 Å². The number of halogens is 1. The van der Waals surface area contributed by atoms with Crippen LogP contribution in [0.1, 0.15) is 44.9 Å². The highest BCUT2D eigenvalue weighted by Gasteiger charge is 2.31. The monoisotopic (exact) mass is 405 g/mol. The predicted molar refractivity (Wildman–Crippen MR) is 110 cm³/mol. The van der Waals surface area contributed by atoms with Crippen LogP contribution in [0, 0.1) is 0 Å². The van der Waals surface area contributed by atoms with Gasteiger partial charge in [-0.3, -0.25) is 9.59 Å². The van der Waals surface area contributed by atoms with Crippen molar-refractivity contribution < 1.29 is 9.59 Å². The molecule has 144 valence electrons. The molecular weight excluding hydrogens is 382 g/mol. The van der Waals surface area contributed by atoms with Gasteiger partial charge in [0.1, 0.15) is 0 Å². The van der Waals surface area contributed by atoms with E-state index < -0.39 is 0 Å². The van der Waals surface area contributed by atoms with Gasteiger partial charge in [-0.2, -0.15) is 0 Å². The number of likely N-dealkylation sites (tertiary alicyclic amines) is 1. The maximum absolute atomic E-state index is 12.8. The zero-order valence-corrected chi connectivity index (χ0v) is 16.7. The molecule has 2 saturated heterocycles. The highest BCUT2D eigenvalue weighted by atomic mass is 35.5. The Hall–Kier alpha value is -1.89. The predicted octanol–water partition coefficient (Wildman–Crippen LogP) is 3.07. The van der Waals surface area contributed by atoms with E-state index in [0.29, 0.717) is 23.5 Å². The Morgan fingerprint density at radius 3 is 2.63 bits per heavy atom. The van der Waals surface area contributed by atoms with Crippen molar-refractivity contribution in [3.63, 3.8) is 0 Å². The molecule has 0 saturated carbocycles. The van der Waals surface area contributed by atoms with Gasteiger partial charge < -0.3 is 15.5 Å². The van der Waals surface area contributed by atoms with Crippen LogP contribution < -0.4 is 10.6 Å². The van der Waals surface area contributed by atoms with Crippen molar-refractivity contribution in [3.8, 4) is 0 Å². The Morgan fingerprint density at radius 2 is 1.89 bits per heavy atom. The van der Waals surface area contributed by atoms with Gasteiger partial charge >= 0.3 is 0 Å². The second-order valence-electron chi connectivity index (χ2n) is 7.03. The van der Waals surface area contributed by atoms with Gasteiger partial charge in [-0.25, -0.2) is 0 Å². The summed E-state index contributed by atoms with van der Waals surface area (Å²) in [5.41, 5.74) is 1.71. The number of thiophene rings is 1. The van der Waals surface area contributed by atoms with Gasteiger partial charge in [0.05, 0.1) is 4.88 Å². The van der Waals surface area contributed by atoms with Gasteiger partial charge in [-0.15, -0.1) is 23.7 Å². The zero-order valence-electron chi connectivity index (χ0n) is 15.0. The lowest BCUT2D eigenvalue weighted by atomic mass is 10.1. The Morgan fingerprint density at radius 1 is 1.11 bits per heavy atom. The number of hydrogen-bond acceptors (Lipinski definition) is 4. The lowest BCUT2D eigenvalue weighted by Crippen LogP contribution is -2.39. The van der Waals surface area contributed by atoms with Crippen LogP contribution >= 0.6 is 23.7 Å². The van der Waals surface area contributed by atoms with Crippen molar-refractivity contribution in [1.29, 1.82) is 0 Å². The van der Waals surface area contributed by atoms with E-state index in [1.807, 2.05) is 46.7 Å².